The van der Waals surface area contributed by atoms with E-state index in [4.69, 9.17) is 4.42 Å². The Balaban J connectivity index is 1.90. The highest BCUT2D eigenvalue weighted by Crippen LogP contribution is 2.19. The van der Waals surface area contributed by atoms with Gasteiger partial charge in [-0.3, -0.25) is 9.78 Å². The summed E-state index contributed by atoms with van der Waals surface area (Å²) in [4.78, 5) is 25.6. The maximum Gasteiger partial charge on any atom is 0.417 e. The normalized spacial score (nSPS) is 10.8. The van der Waals surface area contributed by atoms with Gasteiger partial charge in [0.25, 0.3) is 5.91 Å². The van der Waals surface area contributed by atoms with Crippen molar-refractivity contribution in [3.63, 3.8) is 0 Å². The predicted octanol–water partition coefficient (Wildman–Crippen LogP) is 3.28. The van der Waals surface area contributed by atoms with E-state index in [1.807, 2.05) is 0 Å². The highest BCUT2D eigenvalue weighted by molar-refractivity contribution is 9.10. The zero-order valence-corrected chi connectivity index (χ0v) is 12.0. The molecule has 0 radical (unpaired) electrons. The van der Waals surface area contributed by atoms with Crippen molar-refractivity contribution >= 4 is 38.6 Å². The van der Waals surface area contributed by atoms with E-state index in [1.165, 1.54) is 12.1 Å². The molecule has 0 aliphatic carbocycles. The molecule has 0 unspecified atom stereocenters. The molecule has 106 valence electrons. The van der Waals surface area contributed by atoms with Crippen molar-refractivity contribution in [3.8, 4) is 0 Å². The van der Waals surface area contributed by atoms with Crippen molar-refractivity contribution in [2.45, 2.75) is 0 Å². The van der Waals surface area contributed by atoms with E-state index in [2.05, 4.69) is 26.2 Å². The fourth-order valence-corrected chi connectivity index (χ4v) is 2.38. The quantitative estimate of drug-likeness (QED) is 0.744. The van der Waals surface area contributed by atoms with Crippen molar-refractivity contribution in [2.24, 2.45) is 0 Å². The van der Waals surface area contributed by atoms with Crippen LogP contribution in [0.2, 0.25) is 0 Å². The van der Waals surface area contributed by atoms with Gasteiger partial charge in [-0.25, -0.2) is 9.18 Å². The van der Waals surface area contributed by atoms with E-state index in [0.717, 1.165) is 6.07 Å². The predicted molar refractivity (Wildman–Crippen MR) is 78.9 cm³/mol. The summed E-state index contributed by atoms with van der Waals surface area (Å²) in [7, 11) is 0. The van der Waals surface area contributed by atoms with Crippen molar-refractivity contribution in [1.29, 1.82) is 0 Å². The van der Waals surface area contributed by atoms with Crippen LogP contribution in [0.4, 0.5) is 10.1 Å². The van der Waals surface area contributed by atoms with Gasteiger partial charge in [0.2, 0.25) is 0 Å². The van der Waals surface area contributed by atoms with Crippen molar-refractivity contribution in [2.75, 3.05) is 5.32 Å². The molecular formula is C14H8BrFN2O3. The van der Waals surface area contributed by atoms with Crippen LogP contribution in [0.3, 0.4) is 0 Å². The molecular weight excluding hydrogens is 343 g/mol. The van der Waals surface area contributed by atoms with Gasteiger partial charge in [-0.05, 0) is 36.4 Å². The zero-order valence-electron chi connectivity index (χ0n) is 10.4. The molecule has 0 aliphatic rings. The van der Waals surface area contributed by atoms with Gasteiger partial charge < -0.3 is 9.73 Å². The average molecular weight is 351 g/mol. The molecule has 0 aliphatic heterocycles. The fraction of sp³-hybridized carbons (Fsp3) is 0. The minimum absolute atomic E-state index is 0.183. The Morgan fingerprint density at radius 2 is 2.05 bits per heavy atom. The van der Waals surface area contributed by atoms with Crippen LogP contribution < -0.4 is 11.1 Å². The molecule has 1 heterocycles. The van der Waals surface area contributed by atoms with E-state index in [0.29, 0.717) is 21.3 Å². The molecule has 21 heavy (non-hydrogen) atoms. The number of aromatic amines is 1. The lowest BCUT2D eigenvalue weighted by Crippen LogP contribution is -2.12. The number of hydrogen-bond donors (Lipinski definition) is 2. The summed E-state index contributed by atoms with van der Waals surface area (Å²) in [5.41, 5.74) is 1.51. The summed E-state index contributed by atoms with van der Waals surface area (Å²) in [6.07, 6.45) is 0. The van der Waals surface area contributed by atoms with Crippen LogP contribution in [-0.4, -0.2) is 10.9 Å². The van der Waals surface area contributed by atoms with E-state index < -0.39 is 17.5 Å². The molecule has 0 saturated carbocycles. The third-order valence-electron chi connectivity index (χ3n) is 2.80. The summed E-state index contributed by atoms with van der Waals surface area (Å²) < 4.78 is 18.6. The van der Waals surface area contributed by atoms with E-state index in [9.17, 15) is 14.0 Å². The number of amides is 1. The summed E-state index contributed by atoms with van der Waals surface area (Å²) in [6.45, 7) is 0. The molecule has 5 nitrogen and oxygen atoms in total. The van der Waals surface area contributed by atoms with Crippen LogP contribution in [0.1, 0.15) is 10.4 Å². The number of anilines is 1. The molecule has 0 bridgehead atoms. The number of carbonyl (C=O) groups excluding carboxylic acids is 1. The van der Waals surface area contributed by atoms with Crippen molar-refractivity contribution in [3.05, 3.63) is 62.8 Å². The van der Waals surface area contributed by atoms with Crippen LogP contribution in [0.15, 0.2) is 50.1 Å². The number of aromatic nitrogens is 1. The molecule has 2 N–H and O–H groups in total. The molecule has 0 spiro atoms. The van der Waals surface area contributed by atoms with E-state index in [1.54, 1.807) is 18.2 Å². The zero-order chi connectivity index (χ0) is 15.0. The summed E-state index contributed by atoms with van der Waals surface area (Å²) in [5, 5.41) is 2.62. The summed E-state index contributed by atoms with van der Waals surface area (Å²) in [6, 6.07) is 8.62. The van der Waals surface area contributed by atoms with Gasteiger partial charge in [-0.15, -0.1) is 0 Å². The number of H-pyrrole nitrogens is 1. The highest BCUT2D eigenvalue weighted by atomic mass is 79.9. The Labute approximate surface area is 125 Å². The Morgan fingerprint density at radius 3 is 2.81 bits per heavy atom. The average Bonchev–Trinajstić information content (AvgIpc) is 2.77. The second-order valence-electron chi connectivity index (χ2n) is 4.34. The van der Waals surface area contributed by atoms with Crippen LogP contribution in [-0.2, 0) is 0 Å². The summed E-state index contributed by atoms with van der Waals surface area (Å²) in [5.74, 6) is -1.54. The van der Waals surface area contributed by atoms with Crippen LogP contribution >= 0.6 is 15.9 Å². The first-order chi connectivity index (χ1) is 10.0. The molecule has 0 saturated heterocycles. The Kier molecular flexibility index (Phi) is 3.34. The molecule has 0 fully saturated rings. The third-order valence-corrected chi connectivity index (χ3v) is 3.26. The number of nitrogens with one attached hydrogen (secondary N) is 2. The van der Waals surface area contributed by atoms with Gasteiger partial charge >= 0.3 is 5.76 Å². The van der Waals surface area contributed by atoms with E-state index in [-0.39, 0.29) is 5.56 Å². The second-order valence-corrected chi connectivity index (χ2v) is 5.25. The second kappa shape index (κ2) is 5.17. The number of fused-ring (bicyclic) bond motifs is 1. The molecule has 0 atom stereocenters. The summed E-state index contributed by atoms with van der Waals surface area (Å²) >= 11 is 3.13. The first kappa shape index (κ1) is 13.6. The van der Waals surface area contributed by atoms with Gasteiger partial charge in [-0.1, -0.05) is 15.9 Å². The largest absolute Gasteiger partial charge is 0.417 e. The fourth-order valence-electron chi connectivity index (χ4n) is 1.92. The molecule has 3 aromatic rings. The molecule has 1 aromatic heterocycles. The molecule has 2 aromatic carbocycles. The first-order valence-corrected chi connectivity index (χ1v) is 6.71. The number of benzene rings is 2. The Hall–Kier alpha value is -2.41. The lowest BCUT2D eigenvalue weighted by Gasteiger charge is -2.05. The highest BCUT2D eigenvalue weighted by Gasteiger charge is 2.10. The van der Waals surface area contributed by atoms with Gasteiger partial charge in [0.15, 0.2) is 5.58 Å². The third kappa shape index (κ3) is 2.87. The molecule has 3 rings (SSSR count). The number of halogens is 2. The van der Waals surface area contributed by atoms with Crippen LogP contribution in [0.25, 0.3) is 11.1 Å². The van der Waals surface area contributed by atoms with Gasteiger partial charge in [0.05, 0.1) is 5.52 Å². The lowest BCUT2D eigenvalue weighted by atomic mass is 10.2. The minimum Gasteiger partial charge on any atom is -0.408 e. The minimum atomic E-state index is -0.567. The SMILES string of the molecule is O=C(Nc1ccc2oc(=O)[nH]c2c1)c1cc(F)cc(Br)c1. The number of carbonyl (C=O) groups is 1. The smallest absolute Gasteiger partial charge is 0.408 e. The van der Waals surface area contributed by atoms with Crippen LogP contribution in [0.5, 0.6) is 0 Å². The number of hydrogen-bond acceptors (Lipinski definition) is 3. The van der Waals surface area contributed by atoms with Crippen LogP contribution in [0, 0.1) is 5.82 Å². The van der Waals surface area contributed by atoms with Crippen molar-refractivity contribution < 1.29 is 13.6 Å². The maximum atomic E-state index is 13.3. The standard InChI is InChI=1S/C14H8BrFN2O3/c15-8-3-7(4-9(16)5-8)13(19)17-10-1-2-12-11(6-10)18-14(20)21-12/h1-6H,(H,17,19)(H,18,20). The molecule has 1 amide bonds. The van der Waals surface area contributed by atoms with Gasteiger partial charge in [0.1, 0.15) is 5.82 Å². The van der Waals surface area contributed by atoms with Gasteiger partial charge in [-0.2, -0.15) is 0 Å². The Bertz CT molecular complexity index is 880. The first-order valence-electron chi connectivity index (χ1n) is 5.91. The van der Waals surface area contributed by atoms with E-state index >= 15 is 0 Å². The number of rotatable bonds is 2. The van der Waals surface area contributed by atoms with Gasteiger partial charge in [0, 0.05) is 15.7 Å². The maximum absolute atomic E-state index is 13.3. The number of oxazole rings is 1. The van der Waals surface area contributed by atoms with Crippen molar-refractivity contribution in [1.82, 2.24) is 4.98 Å². The lowest BCUT2D eigenvalue weighted by molar-refractivity contribution is 0.102. The monoisotopic (exact) mass is 350 g/mol. The topological polar surface area (TPSA) is 75.1 Å². The molecule has 7 heteroatoms. The Morgan fingerprint density at radius 1 is 1.24 bits per heavy atom.